The number of rotatable bonds is 5. The van der Waals surface area contributed by atoms with Crippen molar-refractivity contribution in [2.24, 2.45) is 0 Å². The molecule has 2 aromatic heterocycles. The molecule has 0 unspecified atom stereocenters. The summed E-state index contributed by atoms with van der Waals surface area (Å²) in [6.45, 7) is 1.18. The summed E-state index contributed by atoms with van der Waals surface area (Å²) in [7, 11) is 0. The molecule has 1 amide bonds. The first-order valence-corrected chi connectivity index (χ1v) is 9.02. The van der Waals surface area contributed by atoms with Crippen LogP contribution in [0, 0.1) is 0 Å². The van der Waals surface area contributed by atoms with Crippen LogP contribution >= 0.6 is 11.3 Å². The van der Waals surface area contributed by atoms with E-state index >= 15 is 0 Å². The Morgan fingerprint density at radius 3 is 2.76 bits per heavy atom. The average molecular weight is 347 g/mol. The smallest absolute Gasteiger partial charge is 0.251 e. The molecule has 25 heavy (non-hydrogen) atoms. The van der Waals surface area contributed by atoms with Gasteiger partial charge in [0.2, 0.25) is 0 Å². The molecule has 0 saturated heterocycles. The zero-order chi connectivity index (χ0) is 17.1. The molecule has 4 aromatic rings. The molecule has 0 saturated carbocycles. The molecule has 0 aliphatic rings. The largest absolute Gasteiger partial charge is 0.350 e. The molecular weight excluding hydrogens is 330 g/mol. The number of aromatic nitrogens is 2. The molecule has 2 heterocycles. The molecule has 124 valence electrons. The van der Waals surface area contributed by atoms with E-state index in [2.05, 4.69) is 16.5 Å². The third-order valence-electron chi connectivity index (χ3n) is 4.05. The van der Waals surface area contributed by atoms with Gasteiger partial charge in [0.1, 0.15) is 5.69 Å². The Bertz CT molecular complexity index is 1000. The van der Waals surface area contributed by atoms with Crippen molar-refractivity contribution >= 4 is 28.0 Å². The second kappa shape index (κ2) is 6.91. The van der Waals surface area contributed by atoms with Gasteiger partial charge in [-0.2, -0.15) is 5.10 Å². The third-order valence-corrected chi connectivity index (χ3v) is 4.94. The lowest BCUT2D eigenvalue weighted by molar-refractivity contribution is 0.0952. The van der Waals surface area contributed by atoms with Gasteiger partial charge < -0.3 is 5.32 Å². The van der Waals surface area contributed by atoms with Gasteiger partial charge in [-0.25, -0.2) is 0 Å². The Labute approximate surface area is 149 Å². The summed E-state index contributed by atoms with van der Waals surface area (Å²) in [6, 6.07) is 19.9. The molecule has 0 radical (unpaired) electrons. The minimum atomic E-state index is -0.0589. The summed E-state index contributed by atoms with van der Waals surface area (Å²) in [5, 5.41) is 11.7. The predicted octanol–water partition coefficient (Wildman–Crippen LogP) is 4.19. The van der Waals surface area contributed by atoms with E-state index in [4.69, 9.17) is 0 Å². The molecule has 2 aromatic carbocycles. The van der Waals surface area contributed by atoms with Gasteiger partial charge in [0.15, 0.2) is 0 Å². The zero-order valence-electron chi connectivity index (χ0n) is 13.6. The first-order chi connectivity index (χ1) is 12.3. The highest BCUT2D eigenvalue weighted by Gasteiger charge is 2.07. The Morgan fingerprint density at radius 2 is 1.92 bits per heavy atom. The number of hydrogen-bond donors (Lipinski definition) is 1. The van der Waals surface area contributed by atoms with E-state index in [-0.39, 0.29) is 5.91 Å². The van der Waals surface area contributed by atoms with Crippen molar-refractivity contribution in [3.63, 3.8) is 0 Å². The van der Waals surface area contributed by atoms with E-state index < -0.39 is 0 Å². The SMILES string of the molecule is O=C(NCCn1ccc(-c2cccs2)n1)c1ccc2ccccc2c1. The number of nitrogens with one attached hydrogen (secondary N) is 1. The van der Waals surface area contributed by atoms with Crippen molar-refractivity contribution in [3.8, 4) is 10.6 Å². The summed E-state index contributed by atoms with van der Waals surface area (Å²) in [5.74, 6) is -0.0589. The highest BCUT2D eigenvalue weighted by Crippen LogP contribution is 2.22. The van der Waals surface area contributed by atoms with Crippen LogP contribution in [0.4, 0.5) is 0 Å². The van der Waals surface area contributed by atoms with Gasteiger partial charge in [-0.15, -0.1) is 11.3 Å². The molecule has 0 aliphatic heterocycles. The second-order valence-corrected chi connectivity index (χ2v) is 6.71. The molecule has 5 heteroatoms. The highest BCUT2D eigenvalue weighted by atomic mass is 32.1. The first kappa shape index (κ1) is 15.6. The van der Waals surface area contributed by atoms with Crippen LogP contribution < -0.4 is 5.32 Å². The average Bonchev–Trinajstić information content (AvgIpc) is 3.32. The van der Waals surface area contributed by atoms with Crippen LogP contribution in [0.3, 0.4) is 0 Å². The monoisotopic (exact) mass is 347 g/mol. The lowest BCUT2D eigenvalue weighted by Crippen LogP contribution is -2.27. The van der Waals surface area contributed by atoms with Gasteiger partial charge in [0.05, 0.1) is 11.4 Å². The van der Waals surface area contributed by atoms with Crippen LogP contribution in [0.25, 0.3) is 21.3 Å². The summed E-state index contributed by atoms with van der Waals surface area (Å²) in [6.07, 6.45) is 1.94. The topological polar surface area (TPSA) is 46.9 Å². The Hall–Kier alpha value is -2.92. The number of amides is 1. The van der Waals surface area contributed by atoms with Crippen molar-refractivity contribution in [2.45, 2.75) is 6.54 Å². The summed E-state index contributed by atoms with van der Waals surface area (Å²) in [5.41, 5.74) is 1.65. The van der Waals surface area contributed by atoms with Crippen LogP contribution in [-0.2, 0) is 6.54 Å². The van der Waals surface area contributed by atoms with Gasteiger partial charge in [0.25, 0.3) is 5.91 Å². The minimum Gasteiger partial charge on any atom is -0.350 e. The minimum absolute atomic E-state index is 0.0589. The Balaban J connectivity index is 1.37. The van der Waals surface area contributed by atoms with Crippen molar-refractivity contribution in [2.75, 3.05) is 6.54 Å². The second-order valence-electron chi connectivity index (χ2n) is 5.76. The maximum absolute atomic E-state index is 12.3. The van der Waals surface area contributed by atoms with E-state index in [0.29, 0.717) is 18.7 Å². The molecule has 1 N–H and O–H groups in total. The number of nitrogens with zero attached hydrogens (tertiary/aromatic N) is 2. The fourth-order valence-electron chi connectivity index (χ4n) is 2.76. The van der Waals surface area contributed by atoms with E-state index in [0.717, 1.165) is 21.3 Å². The highest BCUT2D eigenvalue weighted by molar-refractivity contribution is 7.13. The number of carbonyl (C=O) groups is 1. The normalized spacial score (nSPS) is 10.9. The van der Waals surface area contributed by atoms with Crippen LogP contribution in [0.2, 0.25) is 0 Å². The molecule has 0 spiro atoms. The molecule has 4 nitrogen and oxygen atoms in total. The fourth-order valence-corrected chi connectivity index (χ4v) is 3.45. The number of benzene rings is 2. The third kappa shape index (κ3) is 3.46. The lowest BCUT2D eigenvalue weighted by atomic mass is 10.1. The van der Waals surface area contributed by atoms with E-state index in [1.54, 1.807) is 11.3 Å². The Morgan fingerprint density at radius 1 is 1.04 bits per heavy atom. The van der Waals surface area contributed by atoms with Crippen LogP contribution in [0.1, 0.15) is 10.4 Å². The van der Waals surface area contributed by atoms with E-state index in [1.807, 2.05) is 70.9 Å². The zero-order valence-corrected chi connectivity index (χ0v) is 14.4. The number of thiophene rings is 1. The molecule has 0 atom stereocenters. The quantitative estimate of drug-likeness (QED) is 0.588. The maximum Gasteiger partial charge on any atom is 0.251 e. The summed E-state index contributed by atoms with van der Waals surface area (Å²) in [4.78, 5) is 13.5. The van der Waals surface area contributed by atoms with E-state index in [9.17, 15) is 4.79 Å². The van der Waals surface area contributed by atoms with Gasteiger partial charge in [0, 0.05) is 18.3 Å². The predicted molar refractivity (Wildman–Crippen MR) is 102 cm³/mol. The molecule has 0 bridgehead atoms. The summed E-state index contributed by atoms with van der Waals surface area (Å²) < 4.78 is 1.86. The summed E-state index contributed by atoms with van der Waals surface area (Å²) >= 11 is 1.67. The molecule has 0 fully saturated rings. The van der Waals surface area contributed by atoms with Gasteiger partial charge in [-0.05, 0) is 40.4 Å². The number of hydrogen-bond acceptors (Lipinski definition) is 3. The van der Waals surface area contributed by atoms with Gasteiger partial charge in [-0.3, -0.25) is 9.48 Å². The first-order valence-electron chi connectivity index (χ1n) is 8.14. The van der Waals surface area contributed by atoms with Crippen molar-refractivity contribution < 1.29 is 4.79 Å². The lowest BCUT2D eigenvalue weighted by Gasteiger charge is -2.06. The van der Waals surface area contributed by atoms with E-state index in [1.165, 1.54) is 0 Å². The number of carbonyl (C=O) groups excluding carboxylic acids is 1. The fraction of sp³-hybridized carbons (Fsp3) is 0.100. The van der Waals surface area contributed by atoms with Gasteiger partial charge in [-0.1, -0.05) is 36.4 Å². The Kier molecular flexibility index (Phi) is 4.31. The van der Waals surface area contributed by atoms with Crippen molar-refractivity contribution in [1.29, 1.82) is 0 Å². The van der Waals surface area contributed by atoms with Crippen LogP contribution in [-0.4, -0.2) is 22.2 Å². The standard InChI is InChI=1S/C20H17N3OS/c24-20(17-8-7-15-4-1-2-5-16(15)14-17)21-10-12-23-11-9-18(22-23)19-6-3-13-25-19/h1-9,11,13-14H,10,12H2,(H,21,24). The van der Waals surface area contributed by atoms with Crippen LogP contribution in [0.15, 0.2) is 72.2 Å². The van der Waals surface area contributed by atoms with Gasteiger partial charge >= 0.3 is 0 Å². The molecular formula is C20H17N3OS. The molecule has 0 aliphatic carbocycles. The number of fused-ring (bicyclic) bond motifs is 1. The van der Waals surface area contributed by atoms with Crippen LogP contribution in [0.5, 0.6) is 0 Å². The maximum atomic E-state index is 12.3. The van der Waals surface area contributed by atoms with Crippen molar-refractivity contribution in [3.05, 3.63) is 77.8 Å². The molecule has 4 rings (SSSR count). The van der Waals surface area contributed by atoms with Crippen molar-refractivity contribution in [1.82, 2.24) is 15.1 Å².